The standard InChI is InChI=1S/C16H15ClFNO/c1-19-15-6-7-20-16-8-10(2-4-12(15)16)13-9-11(18)3-5-14(13)17/h2-5,8-9,15,19H,6-7H2,1H3/t15-/m1/s1. The molecule has 0 aromatic heterocycles. The highest BCUT2D eigenvalue weighted by Gasteiger charge is 2.20. The van der Waals surface area contributed by atoms with E-state index in [2.05, 4.69) is 5.32 Å². The summed E-state index contributed by atoms with van der Waals surface area (Å²) in [5.74, 6) is 0.546. The van der Waals surface area contributed by atoms with Crippen LogP contribution in [0.4, 0.5) is 4.39 Å². The largest absolute Gasteiger partial charge is 0.493 e. The van der Waals surface area contributed by atoms with E-state index >= 15 is 0 Å². The first-order chi connectivity index (χ1) is 9.69. The summed E-state index contributed by atoms with van der Waals surface area (Å²) in [5.41, 5.74) is 2.68. The predicted molar refractivity (Wildman–Crippen MR) is 78.8 cm³/mol. The molecule has 2 aromatic carbocycles. The van der Waals surface area contributed by atoms with E-state index < -0.39 is 0 Å². The van der Waals surface area contributed by atoms with Crippen molar-refractivity contribution in [1.82, 2.24) is 5.32 Å². The molecule has 3 rings (SSSR count). The number of hydrogen-bond acceptors (Lipinski definition) is 2. The molecule has 0 amide bonds. The zero-order chi connectivity index (χ0) is 14.1. The SMILES string of the molecule is CN[C@@H]1CCOc2cc(-c3cc(F)ccc3Cl)ccc21. The molecule has 104 valence electrons. The number of halogens is 2. The molecule has 0 saturated carbocycles. The predicted octanol–water partition coefficient (Wildman–Crippen LogP) is 4.19. The molecule has 0 spiro atoms. The normalized spacial score (nSPS) is 17.4. The minimum absolute atomic E-state index is 0.295. The maximum Gasteiger partial charge on any atom is 0.124 e. The molecule has 2 nitrogen and oxygen atoms in total. The van der Waals surface area contributed by atoms with Crippen molar-refractivity contribution >= 4 is 11.6 Å². The van der Waals surface area contributed by atoms with Crippen LogP contribution in [0.3, 0.4) is 0 Å². The molecule has 1 atom stereocenters. The monoisotopic (exact) mass is 291 g/mol. The molecule has 4 heteroatoms. The van der Waals surface area contributed by atoms with Crippen molar-refractivity contribution in [3.63, 3.8) is 0 Å². The summed E-state index contributed by atoms with van der Waals surface area (Å²) in [6, 6.07) is 10.6. The lowest BCUT2D eigenvalue weighted by Gasteiger charge is -2.26. The van der Waals surface area contributed by atoms with Crippen LogP contribution in [0.15, 0.2) is 36.4 Å². The van der Waals surface area contributed by atoms with Crippen LogP contribution >= 0.6 is 11.6 Å². The van der Waals surface area contributed by atoms with E-state index in [-0.39, 0.29) is 5.82 Å². The Balaban J connectivity index is 2.06. The highest BCUT2D eigenvalue weighted by Crippen LogP contribution is 2.37. The van der Waals surface area contributed by atoms with Gasteiger partial charge in [-0.2, -0.15) is 0 Å². The van der Waals surface area contributed by atoms with Gasteiger partial charge in [0.2, 0.25) is 0 Å². The number of rotatable bonds is 2. The zero-order valence-corrected chi connectivity index (χ0v) is 11.9. The second kappa shape index (κ2) is 5.43. The van der Waals surface area contributed by atoms with Gasteiger partial charge in [-0.1, -0.05) is 23.7 Å². The molecule has 0 saturated heterocycles. The lowest BCUT2D eigenvalue weighted by molar-refractivity contribution is 0.257. The summed E-state index contributed by atoms with van der Waals surface area (Å²) in [6.07, 6.45) is 0.948. The van der Waals surface area contributed by atoms with Gasteiger partial charge in [0.25, 0.3) is 0 Å². The fourth-order valence-electron chi connectivity index (χ4n) is 2.58. The molecule has 1 heterocycles. The smallest absolute Gasteiger partial charge is 0.124 e. The quantitative estimate of drug-likeness (QED) is 0.896. The van der Waals surface area contributed by atoms with Crippen molar-refractivity contribution in [1.29, 1.82) is 0 Å². The minimum atomic E-state index is -0.295. The summed E-state index contributed by atoms with van der Waals surface area (Å²) >= 11 is 6.15. The Bertz CT molecular complexity index is 644. The van der Waals surface area contributed by atoms with Crippen molar-refractivity contribution < 1.29 is 9.13 Å². The third kappa shape index (κ3) is 2.39. The Hall–Kier alpha value is -1.58. The van der Waals surface area contributed by atoms with Gasteiger partial charge in [-0.25, -0.2) is 4.39 Å². The van der Waals surface area contributed by atoms with Crippen molar-refractivity contribution in [2.24, 2.45) is 0 Å². The number of benzene rings is 2. The molecular weight excluding hydrogens is 277 g/mol. The van der Waals surface area contributed by atoms with Gasteiger partial charge in [-0.3, -0.25) is 0 Å². The van der Waals surface area contributed by atoms with Crippen molar-refractivity contribution in [3.05, 3.63) is 52.8 Å². The van der Waals surface area contributed by atoms with Gasteiger partial charge in [-0.05, 0) is 36.9 Å². The molecule has 0 radical (unpaired) electrons. The van der Waals surface area contributed by atoms with E-state index in [0.29, 0.717) is 23.2 Å². The first-order valence-corrected chi connectivity index (χ1v) is 6.96. The van der Waals surface area contributed by atoms with Crippen molar-refractivity contribution in [3.8, 4) is 16.9 Å². The summed E-state index contributed by atoms with van der Waals surface area (Å²) in [5, 5.41) is 3.81. The number of fused-ring (bicyclic) bond motifs is 1. The zero-order valence-electron chi connectivity index (χ0n) is 11.1. The van der Waals surface area contributed by atoms with Crippen LogP contribution < -0.4 is 10.1 Å². The van der Waals surface area contributed by atoms with Crippen molar-refractivity contribution in [2.75, 3.05) is 13.7 Å². The number of ether oxygens (including phenoxy) is 1. The average Bonchev–Trinajstić information content (AvgIpc) is 2.48. The second-order valence-electron chi connectivity index (χ2n) is 4.86. The van der Waals surface area contributed by atoms with E-state index in [9.17, 15) is 4.39 Å². The molecule has 1 aliphatic heterocycles. The first kappa shape index (κ1) is 13.4. The average molecular weight is 292 g/mol. The third-order valence-electron chi connectivity index (χ3n) is 3.64. The van der Waals surface area contributed by atoms with Crippen LogP contribution in [-0.4, -0.2) is 13.7 Å². The van der Waals surface area contributed by atoms with Crippen LogP contribution in [0.5, 0.6) is 5.75 Å². The summed E-state index contributed by atoms with van der Waals surface area (Å²) in [6.45, 7) is 0.679. The highest BCUT2D eigenvalue weighted by atomic mass is 35.5. The Morgan fingerprint density at radius 2 is 2.10 bits per heavy atom. The fraction of sp³-hybridized carbons (Fsp3) is 0.250. The van der Waals surface area contributed by atoms with Gasteiger partial charge in [-0.15, -0.1) is 0 Å². The molecular formula is C16H15ClFNO. The van der Waals surface area contributed by atoms with E-state index in [1.807, 2.05) is 25.2 Å². The molecule has 1 N–H and O–H groups in total. The lowest BCUT2D eigenvalue weighted by Crippen LogP contribution is -2.23. The van der Waals surface area contributed by atoms with E-state index in [0.717, 1.165) is 23.3 Å². The van der Waals surface area contributed by atoms with E-state index in [1.54, 1.807) is 6.07 Å². The first-order valence-electron chi connectivity index (χ1n) is 6.58. The van der Waals surface area contributed by atoms with Gasteiger partial charge >= 0.3 is 0 Å². The lowest BCUT2D eigenvalue weighted by atomic mass is 9.96. The van der Waals surface area contributed by atoms with Gasteiger partial charge < -0.3 is 10.1 Å². The Labute approximate surface area is 122 Å². The van der Waals surface area contributed by atoms with Crippen LogP contribution in [0.1, 0.15) is 18.0 Å². The van der Waals surface area contributed by atoms with Crippen LogP contribution in [0.25, 0.3) is 11.1 Å². The van der Waals surface area contributed by atoms with Crippen LogP contribution in [-0.2, 0) is 0 Å². The molecule has 1 aliphatic rings. The minimum Gasteiger partial charge on any atom is -0.493 e. The Kier molecular flexibility index (Phi) is 3.64. The topological polar surface area (TPSA) is 21.3 Å². The molecule has 0 aliphatic carbocycles. The summed E-state index contributed by atoms with van der Waals surface area (Å²) in [7, 11) is 1.94. The summed E-state index contributed by atoms with van der Waals surface area (Å²) in [4.78, 5) is 0. The maximum absolute atomic E-state index is 13.4. The molecule has 20 heavy (non-hydrogen) atoms. The van der Waals surface area contributed by atoms with Crippen LogP contribution in [0.2, 0.25) is 5.02 Å². The number of nitrogens with one attached hydrogen (secondary N) is 1. The maximum atomic E-state index is 13.4. The van der Waals surface area contributed by atoms with Crippen molar-refractivity contribution in [2.45, 2.75) is 12.5 Å². The fourth-order valence-corrected chi connectivity index (χ4v) is 2.80. The van der Waals surface area contributed by atoms with Crippen LogP contribution in [0, 0.1) is 5.82 Å². The van der Waals surface area contributed by atoms with Gasteiger partial charge in [0.1, 0.15) is 11.6 Å². The molecule has 0 unspecified atom stereocenters. The van der Waals surface area contributed by atoms with Gasteiger partial charge in [0.15, 0.2) is 0 Å². The molecule has 0 bridgehead atoms. The van der Waals surface area contributed by atoms with E-state index in [1.165, 1.54) is 12.1 Å². The Morgan fingerprint density at radius 1 is 1.25 bits per heavy atom. The Morgan fingerprint density at radius 3 is 2.90 bits per heavy atom. The third-order valence-corrected chi connectivity index (χ3v) is 3.97. The highest BCUT2D eigenvalue weighted by molar-refractivity contribution is 6.33. The van der Waals surface area contributed by atoms with Gasteiger partial charge in [0, 0.05) is 28.6 Å². The summed E-state index contributed by atoms with van der Waals surface area (Å²) < 4.78 is 19.1. The van der Waals surface area contributed by atoms with E-state index in [4.69, 9.17) is 16.3 Å². The second-order valence-corrected chi connectivity index (χ2v) is 5.26. The molecule has 0 fully saturated rings. The molecule has 2 aromatic rings. The van der Waals surface area contributed by atoms with Gasteiger partial charge in [0.05, 0.1) is 6.61 Å². The number of hydrogen-bond donors (Lipinski definition) is 1.